The molecule has 1 heterocycles. The van der Waals surface area contributed by atoms with Crippen LogP contribution < -0.4 is 10.6 Å². The third-order valence-corrected chi connectivity index (χ3v) is 3.89. The van der Waals surface area contributed by atoms with Gasteiger partial charge in [-0.1, -0.05) is 48.3 Å². The molecule has 5 nitrogen and oxygen atoms in total. The summed E-state index contributed by atoms with van der Waals surface area (Å²) in [6, 6.07) is 8.65. The van der Waals surface area contributed by atoms with E-state index in [1.807, 2.05) is 6.07 Å². The Morgan fingerprint density at radius 2 is 1.81 bits per heavy atom. The van der Waals surface area contributed by atoms with Gasteiger partial charge >= 0.3 is 0 Å². The van der Waals surface area contributed by atoms with E-state index in [2.05, 4.69) is 73.6 Å². The van der Waals surface area contributed by atoms with E-state index in [4.69, 9.17) is 4.52 Å². The van der Waals surface area contributed by atoms with Crippen LogP contribution in [0.1, 0.15) is 54.8 Å². The standard InChI is InChI=1S/C20H30N4O.HI/c1-6-21-20(23-13-18-12-19(14(2)3)24-25-18)22-8-7-17-10-15(4)9-16(5)11-17;/h9-12,14H,6-8,13H2,1-5H3,(H2,21,22,23);1H. The van der Waals surface area contributed by atoms with Crippen LogP contribution in [0.4, 0.5) is 0 Å². The molecular weight excluding hydrogens is 439 g/mol. The van der Waals surface area contributed by atoms with E-state index in [9.17, 15) is 0 Å². The first-order valence-electron chi connectivity index (χ1n) is 9.02. The molecule has 0 aliphatic heterocycles. The zero-order valence-corrected chi connectivity index (χ0v) is 18.8. The van der Waals surface area contributed by atoms with Crippen LogP contribution >= 0.6 is 24.0 Å². The second-order valence-corrected chi connectivity index (χ2v) is 6.74. The third-order valence-electron chi connectivity index (χ3n) is 3.89. The van der Waals surface area contributed by atoms with Crippen molar-refractivity contribution in [3.8, 4) is 0 Å². The predicted octanol–water partition coefficient (Wildman–Crippen LogP) is 4.33. The Morgan fingerprint density at radius 1 is 1.12 bits per heavy atom. The maximum absolute atomic E-state index is 5.34. The number of aryl methyl sites for hydroxylation is 2. The lowest BCUT2D eigenvalue weighted by Gasteiger charge is -2.11. The first-order valence-corrected chi connectivity index (χ1v) is 9.02. The molecule has 1 aromatic carbocycles. The van der Waals surface area contributed by atoms with Gasteiger partial charge in [0.2, 0.25) is 0 Å². The molecule has 144 valence electrons. The number of nitrogens with zero attached hydrogens (tertiary/aromatic N) is 2. The van der Waals surface area contributed by atoms with Crippen LogP contribution in [0, 0.1) is 13.8 Å². The van der Waals surface area contributed by atoms with Gasteiger partial charge in [-0.2, -0.15) is 0 Å². The highest BCUT2D eigenvalue weighted by Gasteiger charge is 2.07. The van der Waals surface area contributed by atoms with Crippen LogP contribution in [0.3, 0.4) is 0 Å². The largest absolute Gasteiger partial charge is 0.359 e. The minimum atomic E-state index is 0. The van der Waals surface area contributed by atoms with E-state index < -0.39 is 0 Å². The number of aliphatic imine (C=N–C) groups is 1. The van der Waals surface area contributed by atoms with Crippen molar-refractivity contribution in [2.45, 2.75) is 53.5 Å². The van der Waals surface area contributed by atoms with Crippen LogP contribution in [-0.4, -0.2) is 24.2 Å². The van der Waals surface area contributed by atoms with Crippen molar-refractivity contribution in [1.29, 1.82) is 0 Å². The fourth-order valence-corrected chi connectivity index (χ4v) is 2.71. The summed E-state index contributed by atoms with van der Waals surface area (Å²) in [5.41, 5.74) is 4.93. The fourth-order valence-electron chi connectivity index (χ4n) is 2.71. The Kier molecular flexibility index (Phi) is 9.69. The van der Waals surface area contributed by atoms with Crippen LogP contribution in [0.5, 0.6) is 0 Å². The number of rotatable bonds is 7. The molecule has 6 heteroatoms. The van der Waals surface area contributed by atoms with Gasteiger partial charge in [0.1, 0.15) is 6.54 Å². The maximum atomic E-state index is 5.34. The molecule has 0 bridgehead atoms. The second kappa shape index (κ2) is 11.2. The van der Waals surface area contributed by atoms with Crippen LogP contribution in [0.25, 0.3) is 0 Å². The Hall–Kier alpha value is -1.57. The summed E-state index contributed by atoms with van der Waals surface area (Å²) in [7, 11) is 0. The van der Waals surface area contributed by atoms with Crippen molar-refractivity contribution < 1.29 is 4.52 Å². The average Bonchev–Trinajstić information content (AvgIpc) is 3.01. The van der Waals surface area contributed by atoms with Gasteiger partial charge in [-0.05, 0) is 38.7 Å². The number of hydrogen-bond acceptors (Lipinski definition) is 3. The number of aromatic nitrogens is 1. The molecule has 0 aliphatic rings. The van der Waals surface area contributed by atoms with Gasteiger partial charge < -0.3 is 15.2 Å². The van der Waals surface area contributed by atoms with Gasteiger partial charge in [0.05, 0.1) is 5.69 Å². The summed E-state index contributed by atoms with van der Waals surface area (Å²) >= 11 is 0. The molecule has 2 N–H and O–H groups in total. The fraction of sp³-hybridized carbons (Fsp3) is 0.500. The summed E-state index contributed by atoms with van der Waals surface area (Å²) < 4.78 is 5.34. The van der Waals surface area contributed by atoms with Crippen molar-refractivity contribution >= 4 is 29.9 Å². The zero-order chi connectivity index (χ0) is 18.2. The molecule has 0 saturated heterocycles. The normalized spacial score (nSPS) is 11.4. The number of benzene rings is 1. The van der Waals surface area contributed by atoms with E-state index in [0.29, 0.717) is 12.5 Å². The highest BCUT2D eigenvalue weighted by atomic mass is 127. The first kappa shape index (κ1) is 22.5. The van der Waals surface area contributed by atoms with Crippen molar-refractivity contribution in [2.75, 3.05) is 13.1 Å². The summed E-state index contributed by atoms with van der Waals surface area (Å²) in [5, 5.41) is 10.7. The van der Waals surface area contributed by atoms with Crippen LogP contribution in [-0.2, 0) is 13.0 Å². The van der Waals surface area contributed by atoms with Crippen molar-refractivity contribution in [3.05, 3.63) is 52.4 Å². The molecule has 0 radical (unpaired) electrons. The van der Waals surface area contributed by atoms with Crippen LogP contribution in [0.2, 0.25) is 0 Å². The van der Waals surface area contributed by atoms with Gasteiger partial charge in [0.25, 0.3) is 0 Å². The zero-order valence-electron chi connectivity index (χ0n) is 16.4. The minimum Gasteiger partial charge on any atom is -0.359 e. The highest BCUT2D eigenvalue weighted by molar-refractivity contribution is 14.0. The molecule has 0 fully saturated rings. The quantitative estimate of drug-likeness (QED) is 0.359. The average molecular weight is 470 g/mol. The Morgan fingerprint density at radius 3 is 2.38 bits per heavy atom. The van der Waals surface area contributed by atoms with Crippen molar-refractivity contribution in [3.63, 3.8) is 0 Å². The number of hydrogen-bond donors (Lipinski definition) is 2. The van der Waals surface area contributed by atoms with Crippen molar-refractivity contribution in [1.82, 2.24) is 15.8 Å². The topological polar surface area (TPSA) is 62.5 Å². The molecule has 0 aliphatic carbocycles. The Bertz CT molecular complexity index is 689. The maximum Gasteiger partial charge on any atom is 0.191 e. The molecule has 2 rings (SSSR count). The summed E-state index contributed by atoms with van der Waals surface area (Å²) in [5.74, 6) is 1.95. The number of halogens is 1. The lowest BCUT2D eigenvalue weighted by atomic mass is 10.1. The molecule has 0 spiro atoms. The first-order chi connectivity index (χ1) is 12.0. The van der Waals surface area contributed by atoms with E-state index in [1.165, 1.54) is 16.7 Å². The molecule has 0 saturated carbocycles. The minimum absolute atomic E-state index is 0. The van der Waals surface area contributed by atoms with Crippen molar-refractivity contribution in [2.24, 2.45) is 4.99 Å². The Labute approximate surface area is 174 Å². The van der Waals surface area contributed by atoms with Gasteiger partial charge in [0.15, 0.2) is 11.7 Å². The second-order valence-electron chi connectivity index (χ2n) is 6.74. The molecule has 0 amide bonds. The third kappa shape index (κ3) is 7.35. The van der Waals surface area contributed by atoms with Gasteiger partial charge in [0, 0.05) is 19.2 Å². The Balaban J connectivity index is 0.00000338. The summed E-state index contributed by atoms with van der Waals surface area (Å²) in [6.07, 6.45) is 0.965. The molecule has 26 heavy (non-hydrogen) atoms. The molecule has 0 unspecified atom stereocenters. The van der Waals surface area contributed by atoms with E-state index >= 15 is 0 Å². The SMILES string of the molecule is CCNC(=NCc1cc(C(C)C)no1)NCCc1cc(C)cc(C)c1.I. The molecule has 2 aromatic rings. The number of guanidine groups is 1. The lowest BCUT2D eigenvalue weighted by Crippen LogP contribution is -2.38. The van der Waals surface area contributed by atoms with E-state index in [-0.39, 0.29) is 24.0 Å². The van der Waals surface area contributed by atoms with Crippen LogP contribution in [0.15, 0.2) is 33.8 Å². The molecular formula is C20H31IN4O. The molecule has 0 atom stereocenters. The molecule has 1 aromatic heterocycles. The summed E-state index contributed by atoms with van der Waals surface area (Å²) in [4.78, 5) is 4.58. The van der Waals surface area contributed by atoms with Gasteiger partial charge in [-0.15, -0.1) is 24.0 Å². The van der Waals surface area contributed by atoms with E-state index in [1.54, 1.807) is 0 Å². The lowest BCUT2D eigenvalue weighted by molar-refractivity contribution is 0.376. The summed E-state index contributed by atoms with van der Waals surface area (Å²) in [6.45, 7) is 12.7. The monoisotopic (exact) mass is 470 g/mol. The van der Waals surface area contributed by atoms with E-state index in [0.717, 1.165) is 36.9 Å². The smallest absolute Gasteiger partial charge is 0.191 e. The van der Waals surface area contributed by atoms with Gasteiger partial charge in [-0.25, -0.2) is 4.99 Å². The number of nitrogens with one attached hydrogen (secondary N) is 2. The highest BCUT2D eigenvalue weighted by Crippen LogP contribution is 2.14. The van der Waals surface area contributed by atoms with Gasteiger partial charge in [-0.3, -0.25) is 0 Å². The predicted molar refractivity (Wildman–Crippen MR) is 118 cm³/mol.